The van der Waals surface area contributed by atoms with Crippen molar-refractivity contribution in [1.82, 2.24) is 10.0 Å². The fourth-order valence-corrected chi connectivity index (χ4v) is 4.02. The van der Waals surface area contributed by atoms with E-state index in [1.165, 1.54) is 12.1 Å². The van der Waals surface area contributed by atoms with Crippen LogP contribution in [0.2, 0.25) is 0 Å². The molecule has 0 aromatic heterocycles. The highest BCUT2D eigenvalue weighted by atomic mass is 32.2. The quantitative estimate of drug-likeness (QED) is 0.673. The van der Waals surface area contributed by atoms with Gasteiger partial charge in [-0.15, -0.1) is 0 Å². The maximum absolute atomic E-state index is 12.2. The van der Waals surface area contributed by atoms with E-state index in [0.29, 0.717) is 0 Å². The number of sulfonamides is 1. The predicted octanol–water partition coefficient (Wildman–Crippen LogP) is 0.989. The molecular weight excluding hydrogens is 314 g/mol. The van der Waals surface area contributed by atoms with Crippen LogP contribution in [0.1, 0.15) is 32.6 Å². The lowest BCUT2D eigenvalue weighted by Gasteiger charge is -2.37. The molecule has 4 N–H and O–H groups in total. The zero-order chi connectivity index (χ0) is 16.9. The lowest BCUT2D eigenvalue weighted by Crippen LogP contribution is -2.53. The Labute approximate surface area is 137 Å². The SMILES string of the molecule is CC1(N)CCCCC1C(=O)NCCNS(=O)(=O)c1ccccc1. The Morgan fingerprint density at radius 3 is 2.61 bits per heavy atom. The standard InChI is InChI=1S/C16H25N3O3S/c1-16(17)10-6-5-9-14(16)15(20)18-11-12-19-23(21,22)13-7-3-2-4-8-13/h2-4,7-8,14,19H,5-6,9-12,17H2,1H3,(H,18,20). The van der Waals surface area contributed by atoms with Crippen LogP contribution in [-0.4, -0.2) is 33.0 Å². The number of nitrogens with one attached hydrogen (secondary N) is 2. The van der Waals surface area contributed by atoms with Crippen LogP contribution < -0.4 is 15.8 Å². The molecular formula is C16H25N3O3S. The molecule has 23 heavy (non-hydrogen) atoms. The third kappa shape index (κ3) is 4.76. The summed E-state index contributed by atoms with van der Waals surface area (Å²) in [6.07, 6.45) is 3.68. The number of rotatable bonds is 6. The molecule has 0 heterocycles. The minimum absolute atomic E-state index is 0.0893. The van der Waals surface area contributed by atoms with Crippen LogP contribution in [0.4, 0.5) is 0 Å². The molecule has 1 aromatic carbocycles. The monoisotopic (exact) mass is 339 g/mol. The van der Waals surface area contributed by atoms with Gasteiger partial charge in [0.1, 0.15) is 0 Å². The number of benzene rings is 1. The molecule has 0 aliphatic heterocycles. The van der Waals surface area contributed by atoms with Crippen LogP contribution >= 0.6 is 0 Å². The maximum atomic E-state index is 12.2. The second-order valence-corrected chi connectivity index (χ2v) is 8.07. The van der Waals surface area contributed by atoms with Crippen molar-refractivity contribution >= 4 is 15.9 Å². The fraction of sp³-hybridized carbons (Fsp3) is 0.562. The van der Waals surface area contributed by atoms with Gasteiger partial charge in [-0.1, -0.05) is 31.0 Å². The van der Waals surface area contributed by atoms with Crippen molar-refractivity contribution in [2.75, 3.05) is 13.1 Å². The summed E-state index contributed by atoms with van der Waals surface area (Å²) in [6.45, 7) is 2.31. The summed E-state index contributed by atoms with van der Waals surface area (Å²) in [4.78, 5) is 12.5. The average molecular weight is 339 g/mol. The molecule has 2 atom stereocenters. The first-order valence-corrected chi connectivity index (χ1v) is 9.42. The summed E-state index contributed by atoms with van der Waals surface area (Å²) < 4.78 is 26.6. The molecule has 0 radical (unpaired) electrons. The second kappa shape index (κ2) is 7.42. The molecule has 1 aromatic rings. The molecule has 2 rings (SSSR count). The Morgan fingerprint density at radius 1 is 1.26 bits per heavy atom. The van der Waals surface area contributed by atoms with E-state index in [1.54, 1.807) is 18.2 Å². The molecule has 1 aliphatic carbocycles. The Bertz CT molecular complexity index is 629. The van der Waals surface area contributed by atoms with E-state index in [9.17, 15) is 13.2 Å². The third-order valence-corrected chi connectivity index (χ3v) is 5.82. The first-order valence-electron chi connectivity index (χ1n) is 7.94. The maximum Gasteiger partial charge on any atom is 0.240 e. The van der Waals surface area contributed by atoms with E-state index in [4.69, 9.17) is 5.73 Å². The molecule has 128 valence electrons. The summed E-state index contributed by atoms with van der Waals surface area (Å²) in [5.74, 6) is -0.296. The van der Waals surface area contributed by atoms with Gasteiger partial charge in [0.25, 0.3) is 0 Å². The number of nitrogens with two attached hydrogens (primary N) is 1. The second-order valence-electron chi connectivity index (χ2n) is 6.31. The lowest BCUT2D eigenvalue weighted by atomic mass is 9.74. The van der Waals surface area contributed by atoms with E-state index < -0.39 is 15.6 Å². The van der Waals surface area contributed by atoms with Gasteiger partial charge in [0.15, 0.2) is 0 Å². The van der Waals surface area contributed by atoms with Crippen LogP contribution in [0.25, 0.3) is 0 Å². The topological polar surface area (TPSA) is 101 Å². The Kier molecular flexibility index (Phi) is 5.78. The predicted molar refractivity (Wildman–Crippen MR) is 89.2 cm³/mol. The smallest absolute Gasteiger partial charge is 0.240 e. The summed E-state index contributed by atoms with van der Waals surface area (Å²) in [7, 11) is -3.53. The first kappa shape index (κ1) is 17.9. The molecule has 1 amide bonds. The van der Waals surface area contributed by atoms with Crippen LogP contribution in [0.15, 0.2) is 35.2 Å². The number of hydrogen-bond donors (Lipinski definition) is 3. The number of carbonyl (C=O) groups excluding carboxylic acids is 1. The van der Waals surface area contributed by atoms with Crippen molar-refractivity contribution in [3.8, 4) is 0 Å². The van der Waals surface area contributed by atoms with Gasteiger partial charge in [-0.25, -0.2) is 13.1 Å². The first-order chi connectivity index (χ1) is 10.8. The number of carbonyl (C=O) groups is 1. The highest BCUT2D eigenvalue weighted by Crippen LogP contribution is 2.31. The normalized spacial score (nSPS) is 25.0. The van der Waals surface area contributed by atoms with E-state index in [1.807, 2.05) is 6.92 Å². The summed E-state index contributed by atoms with van der Waals surface area (Å²) in [5, 5.41) is 2.79. The van der Waals surface area contributed by atoms with Crippen molar-refractivity contribution < 1.29 is 13.2 Å². The average Bonchev–Trinajstić information content (AvgIpc) is 2.52. The van der Waals surface area contributed by atoms with Crippen molar-refractivity contribution in [3.63, 3.8) is 0 Å². The highest BCUT2D eigenvalue weighted by molar-refractivity contribution is 7.89. The van der Waals surface area contributed by atoms with E-state index in [2.05, 4.69) is 10.0 Å². The van der Waals surface area contributed by atoms with Crippen LogP contribution in [-0.2, 0) is 14.8 Å². The summed E-state index contributed by atoms with van der Waals surface area (Å²) in [6, 6.07) is 8.15. The van der Waals surface area contributed by atoms with Gasteiger partial charge in [0, 0.05) is 18.6 Å². The highest BCUT2D eigenvalue weighted by Gasteiger charge is 2.37. The number of amides is 1. The van der Waals surface area contributed by atoms with Gasteiger partial charge >= 0.3 is 0 Å². The van der Waals surface area contributed by atoms with E-state index in [0.717, 1.165) is 25.7 Å². The fourth-order valence-electron chi connectivity index (χ4n) is 2.97. The van der Waals surface area contributed by atoms with Crippen molar-refractivity contribution in [1.29, 1.82) is 0 Å². The van der Waals surface area contributed by atoms with Gasteiger partial charge < -0.3 is 11.1 Å². The molecule has 1 fully saturated rings. The van der Waals surface area contributed by atoms with Crippen molar-refractivity contribution in [2.24, 2.45) is 11.7 Å². The molecule has 6 nitrogen and oxygen atoms in total. The Hall–Kier alpha value is -1.44. The van der Waals surface area contributed by atoms with Crippen LogP contribution in [0.3, 0.4) is 0 Å². The van der Waals surface area contributed by atoms with Gasteiger partial charge in [0.05, 0.1) is 10.8 Å². The molecule has 2 unspecified atom stereocenters. The van der Waals surface area contributed by atoms with Crippen LogP contribution in [0.5, 0.6) is 0 Å². The number of hydrogen-bond acceptors (Lipinski definition) is 4. The third-order valence-electron chi connectivity index (χ3n) is 4.34. The molecule has 0 saturated heterocycles. The summed E-state index contributed by atoms with van der Waals surface area (Å²) in [5.41, 5.74) is 5.72. The largest absolute Gasteiger partial charge is 0.354 e. The van der Waals surface area contributed by atoms with Crippen LogP contribution in [0, 0.1) is 5.92 Å². The zero-order valence-corrected chi connectivity index (χ0v) is 14.2. The van der Waals surface area contributed by atoms with E-state index in [-0.39, 0.29) is 29.8 Å². The van der Waals surface area contributed by atoms with E-state index >= 15 is 0 Å². The van der Waals surface area contributed by atoms with Gasteiger partial charge in [-0.05, 0) is 31.9 Å². The van der Waals surface area contributed by atoms with Crippen molar-refractivity contribution in [2.45, 2.75) is 43.0 Å². The zero-order valence-electron chi connectivity index (χ0n) is 13.4. The summed E-state index contributed by atoms with van der Waals surface area (Å²) >= 11 is 0. The molecule has 7 heteroatoms. The Morgan fingerprint density at radius 2 is 1.96 bits per heavy atom. The lowest BCUT2D eigenvalue weighted by molar-refractivity contribution is -0.128. The minimum Gasteiger partial charge on any atom is -0.354 e. The molecule has 0 spiro atoms. The molecule has 1 aliphatic rings. The minimum atomic E-state index is -3.53. The van der Waals surface area contributed by atoms with Gasteiger partial charge in [-0.3, -0.25) is 4.79 Å². The van der Waals surface area contributed by atoms with Gasteiger partial charge in [-0.2, -0.15) is 0 Å². The van der Waals surface area contributed by atoms with Gasteiger partial charge in [0.2, 0.25) is 15.9 Å². The molecule has 0 bridgehead atoms. The van der Waals surface area contributed by atoms with Crippen molar-refractivity contribution in [3.05, 3.63) is 30.3 Å². The molecule has 1 saturated carbocycles. The Balaban J connectivity index is 1.80.